The summed E-state index contributed by atoms with van der Waals surface area (Å²) in [5.41, 5.74) is 5.00. The van der Waals surface area contributed by atoms with Crippen LogP contribution in [0.1, 0.15) is 5.69 Å². The Hall–Kier alpha value is -1.83. The Labute approximate surface area is 96.0 Å². The molecule has 0 fully saturated rings. The lowest BCUT2D eigenvalue weighted by Crippen LogP contribution is -2.35. The lowest BCUT2D eigenvalue weighted by molar-refractivity contribution is -0.384. The molecule has 0 radical (unpaired) electrons. The molecule has 1 rings (SSSR count). The fourth-order valence-electron chi connectivity index (χ4n) is 1.11. The molecular weight excluding hydrogens is 234 g/mol. The molecule has 0 atom stereocenters. The number of alkyl halides is 2. The van der Waals surface area contributed by atoms with Gasteiger partial charge in [0.05, 0.1) is 18.0 Å². The second-order valence-corrected chi connectivity index (χ2v) is 3.49. The van der Waals surface area contributed by atoms with Crippen LogP contribution in [0.5, 0.6) is 0 Å². The highest BCUT2D eigenvalue weighted by Gasteiger charge is 2.28. The van der Waals surface area contributed by atoms with Gasteiger partial charge in [0.2, 0.25) is 5.82 Å². The standard InChI is InChI=1S/C9H12F2N4O2/c1-6-2-3-7(15(16)17)8(14-6)13-5-9(10,11)4-12/h2-3H,4-5,12H2,1H3,(H,13,14). The molecule has 0 saturated heterocycles. The van der Waals surface area contributed by atoms with Gasteiger partial charge in [-0.1, -0.05) is 0 Å². The highest BCUT2D eigenvalue weighted by Crippen LogP contribution is 2.23. The Morgan fingerprint density at radius 3 is 2.76 bits per heavy atom. The SMILES string of the molecule is Cc1ccc([N+](=O)[O-])c(NCC(F)(F)CN)n1. The first kappa shape index (κ1) is 13.2. The van der Waals surface area contributed by atoms with E-state index in [1.54, 1.807) is 6.92 Å². The van der Waals surface area contributed by atoms with Crippen LogP contribution < -0.4 is 11.1 Å². The van der Waals surface area contributed by atoms with Crippen molar-refractivity contribution in [3.8, 4) is 0 Å². The number of aromatic nitrogens is 1. The minimum atomic E-state index is -3.13. The number of aryl methyl sites for hydroxylation is 1. The maximum absolute atomic E-state index is 12.9. The quantitative estimate of drug-likeness (QED) is 0.603. The van der Waals surface area contributed by atoms with Gasteiger partial charge in [-0.25, -0.2) is 13.8 Å². The summed E-state index contributed by atoms with van der Waals surface area (Å²) in [6.45, 7) is -0.0175. The summed E-state index contributed by atoms with van der Waals surface area (Å²) in [4.78, 5) is 13.8. The zero-order chi connectivity index (χ0) is 13.1. The first-order chi connectivity index (χ1) is 7.85. The summed E-state index contributed by atoms with van der Waals surface area (Å²) in [6.07, 6.45) is 0. The van der Waals surface area contributed by atoms with E-state index in [9.17, 15) is 18.9 Å². The lowest BCUT2D eigenvalue weighted by Gasteiger charge is -2.14. The minimum absolute atomic E-state index is 0.178. The summed E-state index contributed by atoms with van der Waals surface area (Å²) in [6, 6.07) is 2.65. The predicted molar refractivity (Wildman–Crippen MR) is 58.1 cm³/mol. The van der Waals surface area contributed by atoms with Gasteiger partial charge in [0.15, 0.2) is 0 Å². The normalized spacial score (nSPS) is 11.3. The van der Waals surface area contributed by atoms with Crippen LogP contribution in [0.25, 0.3) is 0 Å². The van der Waals surface area contributed by atoms with Crippen molar-refractivity contribution in [3.63, 3.8) is 0 Å². The molecule has 0 bridgehead atoms. The lowest BCUT2D eigenvalue weighted by atomic mass is 10.3. The maximum Gasteiger partial charge on any atom is 0.311 e. The molecule has 94 valence electrons. The number of pyridine rings is 1. The highest BCUT2D eigenvalue weighted by molar-refractivity contribution is 5.56. The third-order valence-corrected chi connectivity index (χ3v) is 2.02. The van der Waals surface area contributed by atoms with Crippen LogP contribution in [0.3, 0.4) is 0 Å². The van der Waals surface area contributed by atoms with Crippen LogP contribution in [0.4, 0.5) is 20.3 Å². The van der Waals surface area contributed by atoms with Gasteiger partial charge in [-0.05, 0) is 13.0 Å². The van der Waals surface area contributed by atoms with Gasteiger partial charge in [-0.2, -0.15) is 0 Å². The second-order valence-electron chi connectivity index (χ2n) is 3.49. The van der Waals surface area contributed by atoms with Crippen molar-refractivity contribution in [2.24, 2.45) is 5.73 Å². The van der Waals surface area contributed by atoms with Crippen molar-refractivity contribution < 1.29 is 13.7 Å². The van der Waals surface area contributed by atoms with Crippen LogP contribution in [-0.2, 0) is 0 Å². The van der Waals surface area contributed by atoms with Gasteiger partial charge in [0, 0.05) is 11.8 Å². The topological polar surface area (TPSA) is 94.1 Å². The number of nitrogens with one attached hydrogen (secondary N) is 1. The van der Waals surface area contributed by atoms with Crippen molar-refractivity contribution in [1.29, 1.82) is 0 Å². The van der Waals surface area contributed by atoms with Gasteiger partial charge in [0.25, 0.3) is 5.92 Å². The summed E-state index contributed by atoms with van der Waals surface area (Å²) in [7, 11) is 0. The minimum Gasteiger partial charge on any atom is -0.358 e. The van der Waals surface area contributed by atoms with E-state index < -0.39 is 23.9 Å². The summed E-state index contributed by atoms with van der Waals surface area (Å²) < 4.78 is 25.8. The van der Waals surface area contributed by atoms with Crippen molar-refractivity contribution in [3.05, 3.63) is 27.9 Å². The van der Waals surface area contributed by atoms with E-state index in [2.05, 4.69) is 10.3 Å². The molecule has 0 amide bonds. The molecule has 0 aliphatic carbocycles. The number of rotatable bonds is 5. The van der Waals surface area contributed by atoms with Crippen molar-refractivity contribution in [2.75, 3.05) is 18.4 Å². The number of nitrogens with two attached hydrogens (primary N) is 1. The van der Waals surface area contributed by atoms with E-state index in [1.807, 2.05) is 0 Å². The fourth-order valence-corrected chi connectivity index (χ4v) is 1.11. The molecule has 3 N–H and O–H groups in total. The monoisotopic (exact) mass is 246 g/mol. The Balaban J connectivity index is 2.89. The molecule has 0 aromatic carbocycles. The van der Waals surface area contributed by atoms with Crippen LogP contribution in [-0.4, -0.2) is 28.9 Å². The maximum atomic E-state index is 12.9. The molecule has 0 spiro atoms. The van der Waals surface area contributed by atoms with Crippen molar-refractivity contribution >= 4 is 11.5 Å². The molecule has 0 aliphatic rings. The zero-order valence-electron chi connectivity index (χ0n) is 9.11. The molecule has 8 heteroatoms. The third-order valence-electron chi connectivity index (χ3n) is 2.02. The molecular formula is C9H12F2N4O2. The molecule has 0 saturated carbocycles. The third kappa shape index (κ3) is 3.59. The Kier molecular flexibility index (Phi) is 3.89. The first-order valence-electron chi connectivity index (χ1n) is 4.79. The molecule has 1 heterocycles. The van der Waals surface area contributed by atoms with Crippen molar-refractivity contribution in [1.82, 2.24) is 4.98 Å². The number of hydrogen-bond donors (Lipinski definition) is 2. The average molecular weight is 246 g/mol. The molecule has 6 nitrogen and oxygen atoms in total. The van der Waals surface area contributed by atoms with E-state index in [1.165, 1.54) is 12.1 Å². The Bertz CT molecular complexity index is 425. The largest absolute Gasteiger partial charge is 0.358 e. The summed E-state index contributed by atoms with van der Waals surface area (Å²) in [5.74, 6) is -3.30. The van der Waals surface area contributed by atoms with Crippen LogP contribution in [0.15, 0.2) is 12.1 Å². The summed E-state index contributed by atoms with van der Waals surface area (Å²) in [5, 5.41) is 12.9. The molecule has 17 heavy (non-hydrogen) atoms. The number of halogens is 2. The molecule has 0 unspecified atom stereocenters. The van der Waals surface area contributed by atoms with Gasteiger partial charge < -0.3 is 11.1 Å². The number of nitrogens with zero attached hydrogens (tertiary/aromatic N) is 2. The van der Waals surface area contributed by atoms with Crippen LogP contribution in [0.2, 0.25) is 0 Å². The van der Waals surface area contributed by atoms with Crippen LogP contribution in [0, 0.1) is 17.0 Å². The predicted octanol–water partition coefficient (Wildman–Crippen LogP) is 1.30. The summed E-state index contributed by atoms with van der Waals surface area (Å²) >= 11 is 0. The smallest absolute Gasteiger partial charge is 0.311 e. The number of nitro groups is 1. The second kappa shape index (κ2) is 5.00. The Morgan fingerprint density at radius 1 is 1.59 bits per heavy atom. The van der Waals surface area contributed by atoms with E-state index in [4.69, 9.17) is 5.73 Å². The first-order valence-corrected chi connectivity index (χ1v) is 4.79. The average Bonchev–Trinajstić information content (AvgIpc) is 2.26. The highest BCUT2D eigenvalue weighted by atomic mass is 19.3. The van der Waals surface area contributed by atoms with E-state index in [0.717, 1.165) is 0 Å². The van der Waals surface area contributed by atoms with Crippen LogP contribution >= 0.6 is 0 Å². The van der Waals surface area contributed by atoms with E-state index in [0.29, 0.717) is 5.69 Å². The van der Waals surface area contributed by atoms with Crippen molar-refractivity contribution in [2.45, 2.75) is 12.8 Å². The zero-order valence-corrected chi connectivity index (χ0v) is 9.11. The number of hydrogen-bond acceptors (Lipinski definition) is 5. The van der Waals surface area contributed by atoms with Gasteiger partial charge >= 0.3 is 5.69 Å². The van der Waals surface area contributed by atoms with Gasteiger partial charge in [-0.15, -0.1) is 0 Å². The van der Waals surface area contributed by atoms with Gasteiger partial charge in [-0.3, -0.25) is 10.1 Å². The fraction of sp³-hybridized carbons (Fsp3) is 0.444. The Morgan fingerprint density at radius 2 is 2.24 bits per heavy atom. The molecule has 1 aromatic heterocycles. The van der Waals surface area contributed by atoms with E-state index in [-0.39, 0.29) is 11.5 Å². The molecule has 1 aromatic rings. The van der Waals surface area contributed by atoms with Gasteiger partial charge in [0.1, 0.15) is 0 Å². The molecule has 0 aliphatic heterocycles. The number of anilines is 1. The van der Waals surface area contributed by atoms with E-state index >= 15 is 0 Å².